The van der Waals surface area contributed by atoms with E-state index in [0.29, 0.717) is 0 Å². The van der Waals surface area contributed by atoms with Crippen molar-refractivity contribution in [3.63, 3.8) is 0 Å². The van der Waals surface area contributed by atoms with Gasteiger partial charge in [-0.1, -0.05) is 32.9 Å². The first-order valence-electron chi connectivity index (χ1n) is 7.54. The van der Waals surface area contributed by atoms with E-state index in [4.69, 9.17) is 4.74 Å². The lowest BCUT2D eigenvalue weighted by atomic mass is 10.0. The minimum atomic E-state index is -0.146. The molecule has 0 aliphatic rings. The third-order valence-corrected chi connectivity index (χ3v) is 3.43. The second-order valence-corrected chi connectivity index (χ2v) is 5.28. The van der Waals surface area contributed by atoms with Crippen LogP contribution in [0.5, 0.6) is 0 Å². The summed E-state index contributed by atoms with van der Waals surface area (Å²) in [4.78, 5) is 13.8. The van der Waals surface area contributed by atoms with Crippen LogP contribution in [0.4, 0.5) is 5.69 Å². The van der Waals surface area contributed by atoms with E-state index in [-0.39, 0.29) is 11.9 Å². The van der Waals surface area contributed by atoms with Gasteiger partial charge in [-0.2, -0.15) is 0 Å². The molecule has 0 bridgehead atoms. The van der Waals surface area contributed by atoms with Crippen LogP contribution in [0.3, 0.4) is 0 Å². The van der Waals surface area contributed by atoms with Gasteiger partial charge in [-0.3, -0.25) is 4.79 Å². The van der Waals surface area contributed by atoms with Crippen molar-refractivity contribution >= 4 is 11.7 Å². The molecule has 0 fully saturated rings. The van der Waals surface area contributed by atoms with Crippen LogP contribution in [0.15, 0.2) is 24.3 Å². The molecule has 0 aliphatic heterocycles. The molecule has 1 aromatic carbocycles. The number of hydrogen-bond donors (Lipinski definition) is 0. The number of benzene rings is 1. The molecule has 0 saturated heterocycles. The van der Waals surface area contributed by atoms with Crippen molar-refractivity contribution in [1.29, 1.82) is 0 Å². The van der Waals surface area contributed by atoms with Gasteiger partial charge < -0.3 is 9.64 Å². The van der Waals surface area contributed by atoms with Crippen LogP contribution in [-0.4, -0.2) is 26.2 Å². The highest BCUT2D eigenvalue weighted by atomic mass is 16.5. The molecule has 0 heterocycles. The average molecular weight is 277 g/mol. The quantitative estimate of drug-likeness (QED) is 0.679. The van der Waals surface area contributed by atoms with Crippen molar-refractivity contribution in [3.8, 4) is 0 Å². The lowest BCUT2D eigenvalue weighted by molar-refractivity contribution is -0.144. The number of methoxy groups -OCH3 is 1. The Balaban J connectivity index is 2.69. The smallest absolute Gasteiger partial charge is 0.308 e. The number of rotatable bonds is 8. The monoisotopic (exact) mass is 277 g/mol. The van der Waals surface area contributed by atoms with Crippen LogP contribution in [0.25, 0.3) is 0 Å². The summed E-state index contributed by atoms with van der Waals surface area (Å²) in [6.45, 7) is 8.49. The van der Waals surface area contributed by atoms with Crippen LogP contribution in [0, 0.1) is 5.92 Å². The van der Waals surface area contributed by atoms with Crippen molar-refractivity contribution in [2.45, 2.75) is 40.0 Å². The fraction of sp³-hybridized carbons (Fsp3) is 0.588. The number of ether oxygens (including phenoxy) is 1. The maximum atomic E-state index is 11.4. The second-order valence-electron chi connectivity index (χ2n) is 5.28. The molecule has 0 radical (unpaired) electrons. The molecule has 0 N–H and O–H groups in total. The van der Waals surface area contributed by atoms with Crippen molar-refractivity contribution < 1.29 is 9.53 Å². The third-order valence-electron chi connectivity index (χ3n) is 3.43. The number of carbonyl (C=O) groups is 1. The number of esters is 1. The van der Waals surface area contributed by atoms with Crippen molar-refractivity contribution in [2.24, 2.45) is 5.92 Å². The van der Waals surface area contributed by atoms with Crippen LogP contribution in [0.1, 0.15) is 39.2 Å². The predicted octanol–water partition coefficient (Wildman–Crippen LogP) is 3.66. The molecule has 0 amide bonds. The van der Waals surface area contributed by atoms with E-state index in [2.05, 4.69) is 43.0 Å². The fourth-order valence-corrected chi connectivity index (χ4v) is 2.39. The Morgan fingerprint density at radius 3 is 2.15 bits per heavy atom. The Morgan fingerprint density at radius 2 is 1.70 bits per heavy atom. The molecular weight excluding hydrogens is 250 g/mol. The lowest BCUT2D eigenvalue weighted by Gasteiger charge is -2.24. The van der Waals surface area contributed by atoms with Crippen molar-refractivity contribution in [2.75, 3.05) is 25.1 Å². The molecule has 1 aromatic rings. The third kappa shape index (κ3) is 4.87. The van der Waals surface area contributed by atoms with E-state index in [1.165, 1.54) is 18.4 Å². The number of carbonyl (C=O) groups excluding carboxylic acids is 1. The van der Waals surface area contributed by atoms with Crippen LogP contribution < -0.4 is 4.90 Å². The molecule has 0 saturated carbocycles. The summed E-state index contributed by atoms with van der Waals surface area (Å²) in [6, 6.07) is 8.55. The number of anilines is 1. The van der Waals surface area contributed by atoms with Gasteiger partial charge in [0.15, 0.2) is 0 Å². The summed E-state index contributed by atoms with van der Waals surface area (Å²) >= 11 is 0. The lowest BCUT2D eigenvalue weighted by Crippen LogP contribution is -2.24. The predicted molar refractivity (Wildman–Crippen MR) is 84.1 cm³/mol. The Morgan fingerprint density at radius 1 is 1.15 bits per heavy atom. The molecule has 1 rings (SSSR count). The van der Waals surface area contributed by atoms with Crippen molar-refractivity contribution in [1.82, 2.24) is 0 Å². The van der Waals surface area contributed by atoms with Crippen LogP contribution >= 0.6 is 0 Å². The van der Waals surface area contributed by atoms with Crippen LogP contribution in [-0.2, 0) is 16.0 Å². The molecule has 0 aliphatic carbocycles. The second kappa shape index (κ2) is 8.62. The van der Waals surface area contributed by atoms with E-state index in [1.54, 1.807) is 0 Å². The summed E-state index contributed by atoms with van der Waals surface area (Å²) in [5, 5.41) is 0. The summed E-state index contributed by atoms with van der Waals surface area (Å²) in [7, 11) is 1.44. The van der Waals surface area contributed by atoms with Gasteiger partial charge in [0.25, 0.3) is 0 Å². The largest absolute Gasteiger partial charge is 0.469 e. The molecule has 0 aromatic heterocycles. The summed E-state index contributed by atoms with van der Waals surface area (Å²) < 4.78 is 4.76. The van der Waals surface area contributed by atoms with Gasteiger partial charge in [0.2, 0.25) is 0 Å². The van der Waals surface area contributed by atoms with E-state index in [9.17, 15) is 4.79 Å². The highest BCUT2D eigenvalue weighted by Gasteiger charge is 2.13. The maximum Gasteiger partial charge on any atom is 0.308 e. The Bertz CT molecular complexity index is 394. The number of hydrogen-bond acceptors (Lipinski definition) is 3. The summed E-state index contributed by atoms with van der Waals surface area (Å²) in [6.07, 6.45) is 3.04. The first kappa shape index (κ1) is 16.5. The molecule has 3 heteroatoms. The Labute approximate surface area is 122 Å². The van der Waals surface area contributed by atoms with Gasteiger partial charge in [-0.05, 0) is 37.0 Å². The fourth-order valence-electron chi connectivity index (χ4n) is 2.39. The van der Waals surface area contributed by atoms with Gasteiger partial charge in [0.05, 0.1) is 13.0 Å². The van der Waals surface area contributed by atoms with Crippen molar-refractivity contribution in [3.05, 3.63) is 29.8 Å². The standard InChI is InChI=1S/C17H27NO2/c1-5-11-18(12-6-2)16-9-7-15(8-10-16)13-14(3)17(19)20-4/h7-10,14H,5-6,11-13H2,1-4H3. The molecule has 1 unspecified atom stereocenters. The Kier molecular flexibility index (Phi) is 7.13. The number of nitrogens with zero attached hydrogens (tertiary/aromatic N) is 1. The van der Waals surface area contributed by atoms with E-state index < -0.39 is 0 Å². The topological polar surface area (TPSA) is 29.5 Å². The zero-order chi connectivity index (χ0) is 15.0. The normalized spacial score (nSPS) is 12.0. The van der Waals surface area contributed by atoms with Crippen LogP contribution in [0.2, 0.25) is 0 Å². The van der Waals surface area contributed by atoms with E-state index >= 15 is 0 Å². The molecule has 20 heavy (non-hydrogen) atoms. The maximum absolute atomic E-state index is 11.4. The van der Waals surface area contributed by atoms with Gasteiger partial charge in [0.1, 0.15) is 0 Å². The Hall–Kier alpha value is -1.51. The van der Waals surface area contributed by atoms with Gasteiger partial charge in [-0.25, -0.2) is 0 Å². The summed E-state index contributed by atoms with van der Waals surface area (Å²) in [5.41, 5.74) is 2.45. The van der Waals surface area contributed by atoms with Gasteiger partial charge in [-0.15, -0.1) is 0 Å². The summed E-state index contributed by atoms with van der Waals surface area (Å²) in [5.74, 6) is -0.235. The van der Waals surface area contributed by atoms with E-state index in [0.717, 1.165) is 32.4 Å². The van der Waals surface area contributed by atoms with E-state index in [1.807, 2.05) is 6.92 Å². The average Bonchev–Trinajstić information content (AvgIpc) is 2.47. The highest BCUT2D eigenvalue weighted by Crippen LogP contribution is 2.18. The molecule has 1 atom stereocenters. The minimum Gasteiger partial charge on any atom is -0.469 e. The molecule has 3 nitrogen and oxygen atoms in total. The highest BCUT2D eigenvalue weighted by molar-refractivity contribution is 5.72. The molecule has 0 spiro atoms. The van der Waals surface area contributed by atoms with Gasteiger partial charge >= 0.3 is 5.97 Å². The SMILES string of the molecule is CCCN(CCC)c1ccc(CC(C)C(=O)OC)cc1. The minimum absolute atomic E-state index is 0.0896. The zero-order valence-electron chi connectivity index (χ0n) is 13.2. The van der Waals surface area contributed by atoms with Gasteiger partial charge in [0, 0.05) is 18.8 Å². The molecular formula is C17H27NO2. The zero-order valence-corrected chi connectivity index (χ0v) is 13.2. The first-order chi connectivity index (χ1) is 9.62. The molecule has 112 valence electrons. The first-order valence-corrected chi connectivity index (χ1v) is 7.54.